The monoisotopic (exact) mass is 319 g/mol. The fourth-order valence-electron chi connectivity index (χ4n) is 1.62. The molecule has 1 unspecified atom stereocenters. The Kier molecular flexibility index (Phi) is 4.30. The first-order chi connectivity index (χ1) is 9.37. The van der Waals surface area contributed by atoms with Crippen LogP contribution in [0.5, 0.6) is 0 Å². The SMILES string of the molecule is CC(=O)Nc1nnc(S(=O)(=O)NC2CCC(=O)NC2)s1. The normalized spacial score (nSPS) is 19.4. The van der Waals surface area contributed by atoms with Gasteiger partial charge in [-0.1, -0.05) is 11.3 Å². The van der Waals surface area contributed by atoms with E-state index < -0.39 is 10.0 Å². The third-order valence-electron chi connectivity index (χ3n) is 2.51. The van der Waals surface area contributed by atoms with Gasteiger partial charge in [-0.25, -0.2) is 13.1 Å². The van der Waals surface area contributed by atoms with Crippen molar-refractivity contribution < 1.29 is 18.0 Å². The van der Waals surface area contributed by atoms with E-state index in [1.807, 2.05) is 0 Å². The summed E-state index contributed by atoms with van der Waals surface area (Å²) in [6.07, 6.45) is 0.711. The zero-order chi connectivity index (χ0) is 14.8. The van der Waals surface area contributed by atoms with Crippen molar-refractivity contribution in [1.82, 2.24) is 20.2 Å². The van der Waals surface area contributed by atoms with E-state index in [1.54, 1.807) is 0 Å². The average molecular weight is 319 g/mol. The molecule has 0 saturated carbocycles. The van der Waals surface area contributed by atoms with Gasteiger partial charge in [0.2, 0.25) is 21.3 Å². The van der Waals surface area contributed by atoms with Gasteiger partial charge in [-0.2, -0.15) is 0 Å². The third kappa shape index (κ3) is 3.71. The van der Waals surface area contributed by atoms with E-state index in [0.717, 1.165) is 11.3 Å². The highest BCUT2D eigenvalue weighted by molar-refractivity contribution is 7.91. The molecule has 1 aromatic heterocycles. The lowest BCUT2D eigenvalue weighted by Gasteiger charge is -2.22. The van der Waals surface area contributed by atoms with Crippen LogP contribution < -0.4 is 15.4 Å². The van der Waals surface area contributed by atoms with Gasteiger partial charge in [0.1, 0.15) is 0 Å². The summed E-state index contributed by atoms with van der Waals surface area (Å²) in [5.74, 6) is -0.447. The highest BCUT2D eigenvalue weighted by atomic mass is 32.2. The van der Waals surface area contributed by atoms with Crippen molar-refractivity contribution in [3.63, 3.8) is 0 Å². The number of hydrogen-bond acceptors (Lipinski definition) is 7. The van der Waals surface area contributed by atoms with Crippen LogP contribution in [0.2, 0.25) is 0 Å². The first kappa shape index (κ1) is 14.8. The lowest BCUT2D eigenvalue weighted by atomic mass is 10.1. The fourth-order valence-corrected chi connectivity index (χ4v) is 3.86. The Balaban J connectivity index is 2.04. The largest absolute Gasteiger partial charge is 0.355 e. The molecule has 2 amide bonds. The lowest BCUT2D eigenvalue weighted by molar-refractivity contribution is -0.122. The minimum atomic E-state index is -3.80. The summed E-state index contributed by atoms with van der Waals surface area (Å²) in [6, 6.07) is -0.370. The molecular formula is C9H13N5O4S2. The van der Waals surface area contributed by atoms with Crippen molar-refractivity contribution in [2.45, 2.75) is 30.1 Å². The zero-order valence-electron chi connectivity index (χ0n) is 10.5. The van der Waals surface area contributed by atoms with E-state index in [1.165, 1.54) is 6.92 Å². The molecule has 3 N–H and O–H groups in total. The van der Waals surface area contributed by atoms with Gasteiger partial charge >= 0.3 is 0 Å². The second kappa shape index (κ2) is 5.81. The van der Waals surface area contributed by atoms with Gasteiger partial charge in [-0.15, -0.1) is 10.2 Å². The zero-order valence-corrected chi connectivity index (χ0v) is 12.2. The van der Waals surface area contributed by atoms with Crippen LogP contribution in [0.4, 0.5) is 5.13 Å². The number of anilines is 1. The van der Waals surface area contributed by atoms with Gasteiger partial charge in [0.15, 0.2) is 0 Å². The molecule has 11 heteroatoms. The van der Waals surface area contributed by atoms with Gasteiger partial charge in [-0.3, -0.25) is 9.59 Å². The van der Waals surface area contributed by atoms with Crippen molar-refractivity contribution in [1.29, 1.82) is 0 Å². The molecule has 20 heavy (non-hydrogen) atoms. The van der Waals surface area contributed by atoms with Crippen LogP contribution in [-0.2, 0) is 19.6 Å². The van der Waals surface area contributed by atoms with Crippen LogP contribution in [-0.4, -0.2) is 43.0 Å². The number of rotatable bonds is 4. The Hall–Kier alpha value is -1.59. The summed E-state index contributed by atoms with van der Waals surface area (Å²) in [5.41, 5.74) is 0. The molecule has 1 aliphatic heterocycles. The van der Waals surface area contributed by atoms with E-state index >= 15 is 0 Å². The predicted octanol–water partition coefficient (Wildman–Crippen LogP) is -0.947. The second-order valence-corrected chi connectivity index (χ2v) is 7.08. The van der Waals surface area contributed by atoms with Crippen LogP contribution in [0.25, 0.3) is 0 Å². The number of sulfonamides is 1. The molecule has 0 bridgehead atoms. The molecule has 1 aliphatic rings. The number of nitrogens with one attached hydrogen (secondary N) is 3. The Morgan fingerprint density at radius 2 is 2.20 bits per heavy atom. The minimum Gasteiger partial charge on any atom is -0.355 e. The molecule has 2 rings (SSSR count). The van der Waals surface area contributed by atoms with E-state index in [-0.39, 0.29) is 40.3 Å². The molecule has 110 valence electrons. The molecule has 0 spiro atoms. The smallest absolute Gasteiger partial charge is 0.270 e. The molecule has 1 saturated heterocycles. The summed E-state index contributed by atoms with van der Waals surface area (Å²) < 4.78 is 26.3. The van der Waals surface area contributed by atoms with Gasteiger partial charge in [0.05, 0.1) is 0 Å². The molecule has 0 radical (unpaired) electrons. The van der Waals surface area contributed by atoms with Crippen molar-refractivity contribution >= 4 is 38.3 Å². The standard InChI is InChI=1S/C9H13N5O4S2/c1-5(15)11-8-12-13-9(19-8)20(17,18)14-6-2-3-7(16)10-4-6/h6,14H,2-4H2,1H3,(H,10,16)(H,11,12,15). The first-order valence-corrected chi connectivity index (χ1v) is 8.07. The van der Waals surface area contributed by atoms with Crippen molar-refractivity contribution in [3.05, 3.63) is 0 Å². The van der Waals surface area contributed by atoms with Crippen LogP contribution in [0.1, 0.15) is 19.8 Å². The van der Waals surface area contributed by atoms with E-state index in [4.69, 9.17) is 0 Å². The number of carbonyl (C=O) groups is 2. The maximum absolute atomic E-state index is 12.1. The summed E-state index contributed by atoms with van der Waals surface area (Å²) in [4.78, 5) is 21.8. The van der Waals surface area contributed by atoms with E-state index in [9.17, 15) is 18.0 Å². The fraction of sp³-hybridized carbons (Fsp3) is 0.556. The Morgan fingerprint density at radius 1 is 1.45 bits per heavy atom. The van der Waals surface area contributed by atoms with Gasteiger partial charge < -0.3 is 10.6 Å². The number of aromatic nitrogens is 2. The van der Waals surface area contributed by atoms with Crippen molar-refractivity contribution in [2.24, 2.45) is 0 Å². The summed E-state index contributed by atoms with van der Waals surface area (Å²) in [5, 5.41) is 12.2. The number of hydrogen-bond donors (Lipinski definition) is 3. The number of amides is 2. The molecule has 1 atom stereocenters. The maximum Gasteiger partial charge on any atom is 0.270 e. The molecule has 9 nitrogen and oxygen atoms in total. The highest BCUT2D eigenvalue weighted by Crippen LogP contribution is 2.20. The summed E-state index contributed by atoms with van der Waals surface area (Å²) >= 11 is 0.765. The molecule has 1 fully saturated rings. The summed E-state index contributed by atoms with van der Waals surface area (Å²) in [7, 11) is -3.80. The van der Waals surface area contributed by atoms with Gasteiger partial charge in [-0.05, 0) is 6.42 Å². The predicted molar refractivity (Wildman–Crippen MR) is 70.6 cm³/mol. The molecule has 0 aromatic carbocycles. The minimum absolute atomic E-state index is 0.0932. The maximum atomic E-state index is 12.1. The van der Waals surface area contributed by atoms with E-state index in [2.05, 4.69) is 25.6 Å². The number of carbonyl (C=O) groups excluding carboxylic acids is 2. The van der Waals surface area contributed by atoms with Crippen LogP contribution >= 0.6 is 11.3 Å². The summed E-state index contributed by atoms with van der Waals surface area (Å²) in [6.45, 7) is 1.54. The Labute approximate surface area is 119 Å². The van der Waals surface area contributed by atoms with Crippen LogP contribution in [0.15, 0.2) is 4.34 Å². The lowest BCUT2D eigenvalue weighted by Crippen LogP contribution is -2.47. The average Bonchev–Trinajstić information content (AvgIpc) is 2.80. The van der Waals surface area contributed by atoms with Crippen molar-refractivity contribution in [2.75, 3.05) is 11.9 Å². The quantitative estimate of drug-likeness (QED) is 0.614. The van der Waals surface area contributed by atoms with E-state index in [0.29, 0.717) is 6.42 Å². The molecule has 2 heterocycles. The first-order valence-electron chi connectivity index (χ1n) is 5.77. The highest BCUT2D eigenvalue weighted by Gasteiger charge is 2.27. The number of nitrogens with zero attached hydrogens (tertiary/aromatic N) is 2. The second-order valence-electron chi connectivity index (χ2n) is 4.22. The molecule has 0 aliphatic carbocycles. The topological polar surface area (TPSA) is 130 Å². The molecular weight excluding hydrogens is 306 g/mol. The van der Waals surface area contributed by atoms with Crippen LogP contribution in [0, 0.1) is 0 Å². The van der Waals surface area contributed by atoms with Gasteiger partial charge in [0, 0.05) is 25.9 Å². The van der Waals surface area contributed by atoms with Gasteiger partial charge in [0.25, 0.3) is 10.0 Å². The van der Waals surface area contributed by atoms with Crippen molar-refractivity contribution in [3.8, 4) is 0 Å². The van der Waals surface area contributed by atoms with Crippen LogP contribution in [0.3, 0.4) is 0 Å². The Morgan fingerprint density at radius 3 is 2.80 bits per heavy atom. The Bertz CT molecular complexity index is 616. The number of piperidine rings is 1. The third-order valence-corrected chi connectivity index (χ3v) is 5.23. The molecule has 1 aromatic rings.